The van der Waals surface area contributed by atoms with E-state index in [0.717, 1.165) is 42.5 Å². The van der Waals surface area contributed by atoms with Crippen molar-refractivity contribution in [3.63, 3.8) is 0 Å². The second-order valence-corrected chi connectivity index (χ2v) is 8.74. The monoisotopic (exact) mass is 459 g/mol. The standard InChI is InChI=1S/C23H30BrN3O2/c1-2-3-4-5-6-7-8-15-26-16-13-23(14-17-26)21(28)27(22(29)25-23)18-19-9-11-20(24)12-10-19/h2-5,9-12H,6-8,13-18H2,1H3,(H,25,29)/b3-2-,5-4-. The molecule has 156 valence electrons. The number of imide groups is 1. The van der Waals surface area contributed by atoms with E-state index in [1.54, 1.807) is 0 Å². The number of allylic oxidation sites excluding steroid dienone is 4. The van der Waals surface area contributed by atoms with Gasteiger partial charge in [-0.1, -0.05) is 52.4 Å². The van der Waals surface area contributed by atoms with Crippen LogP contribution in [-0.4, -0.2) is 46.9 Å². The van der Waals surface area contributed by atoms with Crippen LogP contribution >= 0.6 is 15.9 Å². The highest BCUT2D eigenvalue weighted by molar-refractivity contribution is 9.10. The quantitative estimate of drug-likeness (QED) is 0.350. The Hall–Kier alpha value is -1.92. The smallest absolute Gasteiger partial charge is 0.323 e. The van der Waals surface area contributed by atoms with E-state index < -0.39 is 5.54 Å². The van der Waals surface area contributed by atoms with Gasteiger partial charge in [-0.05, 0) is 63.3 Å². The molecular formula is C23H30BrN3O2. The van der Waals surface area contributed by atoms with Crippen LogP contribution in [0.25, 0.3) is 0 Å². The van der Waals surface area contributed by atoms with E-state index in [4.69, 9.17) is 0 Å². The first-order valence-corrected chi connectivity index (χ1v) is 11.2. The fourth-order valence-electron chi connectivity index (χ4n) is 3.97. The first-order valence-electron chi connectivity index (χ1n) is 10.4. The van der Waals surface area contributed by atoms with Crippen LogP contribution in [0.4, 0.5) is 4.79 Å². The summed E-state index contributed by atoms with van der Waals surface area (Å²) in [6.07, 6.45) is 13.2. The number of unbranched alkanes of at least 4 members (excludes halogenated alkanes) is 2. The van der Waals surface area contributed by atoms with E-state index in [-0.39, 0.29) is 11.9 Å². The minimum Gasteiger partial charge on any atom is -0.323 e. The Morgan fingerprint density at radius 2 is 1.83 bits per heavy atom. The summed E-state index contributed by atoms with van der Waals surface area (Å²) in [5.41, 5.74) is 0.243. The molecule has 2 aliphatic rings. The lowest BCUT2D eigenvalue weighted by Crippen LogP contribution is -2.55. The van der Waals surface area contributed by atoms with Crippen molar-refractivity contribution in [3.05, 3.63) is 58.6 Å². The minimum atomic E-state index is -0.710. The summed E-state index contributed by atoms with van der Waals surface area (Å²) in [7, 11) is 0. The Kier molecular flexibility index (Phi) is 7.67. The summed E-state index contributed by atoms with van der Waals surface area (Å²) in [6, 6.07) is 7.47. The topological polar surface area (TPSA) is 52.7 Å². The van der Waals surface area contributed by atoms with Crippen LogP contribution in [0.3, 0.4) is 0 Å². The second kappa shape index (κ2) is 10.2. The van der Waals surface area contributed by atoms with Crippen LogP contribution in [0, 0.1) is 0 Å². The molecule has 3 amide bonds. The minimum absolute atomic E-state index is 0.0702. The average molecular weight is 460 g/mol. The van der Waals surface area contributed by atoms with Crippen molar-refractivity contribution < 1.29 is 9.59 Å². The predicted molar refractivity (Wildman–Crippen MR) is 119 cm³/mol. The summed E-state index contributed by atoms with van der Waals surface area (Å²) in [4.78, 5) is 29.3. The Morgan fingerprint density at radius 1 is 1.10 bits per heavy atom. The molecule has 0 radical (unpaired) electrons. The number of nitrogens with zero attached hydrogens (tertiary/aromatic N) is 2. The number of hydrogen-bond acceptors (Lipinski definition) is 3. The molecule has 0 aliphatic carbocycles. The Morgan fingerprint density at radius 3 is 2.52 bits per heavy atom. The zero-order valence-electron chi connectivity index (χ0n) is 17.1. The van der Waals surface area contributed by atoms with Gasteiger partial charge in [-0.15, -0.1) is 0 Å². The molecule has 3 rings (SSSR count). The van der Waals surface area contributed by atoms with E-state index in [0.29, 0.717) is 19.4 Å². The van der Waals surface area contributed by atoms with E-state index in [2.05, 4.69) is 44.4 Å². The molecule has 2 saturated heterocycles. The molecule has 0 aromatic heterocycles. The maximum absolute atomic E-state index is 13.1. The molecule has 2 fully saturated rings. The molecule has 0 atom stereocenters. The Labute approximate surface area is 182 Å². The second-order valence-electron chi connectivity index (χ2n) is 7.82. The van der Waals surface area contributed by atoms with Gasteiger partial charge < -0.3 is 10.2 Å². The number of piperidine rings is 1. The van der Waals surface area contributed by atoms with E-state index in [9.17, 15) is 9.59 Å². The first kappa shape index (κ1) is 21.8. The number of carbonyl (C=O) groups is 2. The van der Waals surface area contributed by atoms with Crippen molar-refractivity contribution in [2.75, 3.05) is 19.6 Å². The number of likely N-dealkylation sites (tertiary alicyclic amines) is 1. The van der Waals surface area contributed by atoms with Crippen LogP contribution in [-0.2, 0) is 11.3 Å². The highest BCUT2D eigenvalue weighted by Crippen LogP contribution is 2.30. The maximum atomic E-state index is 13.1. The number of hydrogen-bond donors (Lipinski definition) is 1. The van der Waals surface area contributed by atoms with Gasteiger partial charge in [-0.2, -0.15) is 0 Å². The zero-order valence-corrected chi connectivity index (χ0v) is 18.7. The van der Waals surface area contributed by atoms with Gasteiger partial charge in [0.1, 0.15) is 5.54 Å². The number of rotatable bonds is 8. The fourth-order valence-corrected chi connectivity index (χ4v) is 4.24. The molecule has 29 heavy (non-hydrogen) atoms. The Balaban J connectivity index is 1.46. The molecule has 6 heteroatoms. The van der Waals surface area contributed by atoms with Gasteiger partial charge in [0.15, 0.2) is 0 Å². The van der Waals surface area contributed by atoms with Gasteiger partial charge in [0, 0.05) is 17.6 Å². The fraction of sp³-hybridized carbons (Fsp3) is 0.478. The molecule has 1 aromatic rings. The molecule has 5 nitrogen and oxygen atoms in total. The van der Waals surface area contributed by atoms with Crippen molar-refractivity contribution in [2.24, 2.45) is 0 Å². The van der Waals surface area contributed by atoms with Crippen LogP contribution in [0.2, 0.25) is 0 Å². The molecule has 1 spiro atoms. The van der Waals surface area contributed by atoms with Crippen LogP contribution in [0.15, 0.2) is 53.0 Å². The largest absolute Gasteiger partial charge is 0.325 e. The summed E-state index contributed by atoms with van der Waals surface area (Å²) < 4.78 is 0.983. The van der Waals surface area contributed by atoms with E-state index in [1.807, 2.05) is 37.3 Å². The summed E-state index contributed by atoms with van der Waals surface area (Å²) in [5.74, 6) is -0.0702. The third kappa shape index (κ3) is 5.58. The van der Waals surface area contributed by atoms with Crippen LogP contribution in [0.1, 0.15) is 44.6 Å². The molecule has 1 aromatic carbocycles. The molecule has 1 N–H and O–H groups in total. The lowest BCUT2D eigenvalue weighted by molar-refractivity contribution is -0.133. The number of halogens is 1. The highest BCUT2D eigenvalue weighted by atomic mass is 79.9. The molecule has 2 heterocycles. The first-order chi connectivity index (χ1) is 14.0. The van der Waals surface area contributed by atoms with Gasteiger partial charge in [-0.25, -0.2) is 4.79 Å². The highest BCUT2D eigenvalue weighted by Gasteiger charge is 2.52. The zero-order chi connectivity index (χ0) is 20.7. The van der Waals surface area contributed by atoms with E-state index in [1.165, 1.54) is 11.3 Å². The van der Waals surface area contributed by atoms with Gasteiger partial charge in [0.25, 0.3) is 5.91 Å². The summed E-state index contributed by atoms with van der Waals surface area (Å²) in [5, 5.41) is 3.00. The third-order valence-corrected chi connectivity index (χ3v) is 6.27. The molecule has 0 unspecified atom stereocenters. The lowest BCUT2D eigenvalue weighted by atomic mass is 9.87. The van der Waals surface area contributed by atoms with Gasteiger partial charge in [0.05, 0.1) is 6.54 Å². The number of nitrogens with one attached hydrogen (secondary N) is 1. The average Bonchev–Trinajstić information content (AvgIpc) is 2.94. The van der Waals surface area contributed by atoms with Crippen LogP contribution < -0.4 is 5.32 Å². The van der Waals surface area contributed by atoms with Crippen molar-refractivity contribution >= 4 is 27.9 Å². The number of carbonyl (C=O) groups excluding carboxylic acids is 2. The summed E-state index contributed by atoms with van der Waals surface area (Å²) >= 11 is 3.41. The van der Waals surface area contributed by atoms with Gasteiger partial charge >= 0.3 is 6.03 Å². The lowest BCUT2D eigenvalue weighted by Gasteiger charge is -2.37. The van der Waals surface area contributed by atoms with Crippen molar-refractivity contribution in [2.45, 2.75) is 51.1 Å². The van der Waals surface area contributed by atoms with Gasteiger partial charge in [0.2, 0.25) is 0 Å². The number of amides is 3. The molecule has 0 bridgehead atoms. The van der Waals surface area contributed by atoms with E-state index >= 15 is 0 Å². The van der Waals surface area contributed by atoms with Crippen molar-refractivity contribution in [1.82, 2.24) is 15.1 Å². The molecular weight excluding hydrogens is 430 g/mol. The Bertz CT molecular complexity index is 765. The number of urea groups is 1. The number of benzene rings is 1. The third-order valence-electron chi connectivity index (χ3n) is 5.74. The maximum Gasteiger partial charge on any atom is 0.325 e. The molecule has 2 aliphatic heterocycles. The van der Waals surface area contributed by atoms with Crippen LogP contribution in [0.5, 0.6) is 0 Å². The predicted octanol–water partition coefficient (Wildman–Crippen LogP) is 4.64. The van der Waals surface area contributed by atoms with Crippen molar-refractivity contribution in [3.8, 4) is 0 Å². The van der Waals surface area contributed by atoms with Gasteiger partial charge in [-0.3, -0.25) is 9.69 Å². The summed E-state index contributed by atoms with van der Waals surface area (Å²) in [6.45, 7) is 5.10. The normalized spacial score (nSPS) is 19.7. The SMILES string of the molecule is C/C=C\C=C/CCCCN1CCC2(CC1)NC(=O)N(Cc1ccc(Br)cc1)C2=O. The molecule has 0 saturated carbocycles. The van der Waals surface area contributed by atoms with Crippen molar-refractivity contribution in [1.29, 1.82) is 0 Å².